The number of carbonyl (C=O) groups is 3. The SMILES string of the molecule is CN1C(=C(C#N)C(=O)COC(=O)CC(NC(N)=O)c2ccc(Cl)cc2)Sc2ccccc21. The van der Waals surface area contributed by atoms with Gasteiger partial charge in [-0.1, -0.05) is 47.6 Å². The van der Waals surface area contributed by atoms with Gasteiger partial charge in [0.05, 0.1) is 18.2 Å². The van der Waals surface area contributed by atoms with Crippen LogP contribution >= 0.6 is 23.4 Å². The van der Waals surface area contributed by atoms with E-state index >= 15 is 0 Å². The molecule has 0 fully saturated rings. The quantitative estimate of drug-likeness (QED) is 0.360. The maximum atomic E-state index is 12.6. The highest BCUT2D eigenvalue weighted by molar-refractivity contribution is 8.03. The first-order valence-corrected chi connectivity index (χ1v) is 10.6. The number of amides is 2. The summed E-state index contributed by atoms with van der Waals surface area (Å²) in [7, 11) is 1.76. The normalized spacial score (nSPS) is 14.7. The van der Waals surface area contributed by atoms with E-state index < -0.39 is 30.4 Å². The number of nitrogens with two attached hydrogens (primary N) is 1. The molecule has 0 radical (unpaired) electrons. The molecule has 2 aromatic rings. The molecule has 0 bridgehead atoms. The predicted octanol–water partition coefficient (Wildman–Crippen LogP) is 3.53. The Morgan fingerprint density at radius 2 is 1.91 bits per heavy atom. The Kier molecular flexibility index (Phi) is 7.41. The van der Waals surface area contributed by atoms with E-state index in [1.807, 2.05) is 30.3 Å². The zero-order valence-electron chi connectivity index (χ0n) is 17.0. The molecule has 2 aromatic carbocycles. The third kappa shape index (κ3) is 5.41. The van der Waals surface area contributed by atoms with Crippen LogP contribution in [0.1, 0.15) is 18.0 Å². The second-order valence-electron chi connectivity index (χ2n) is 6.82. The van der Waals surface area contributed by atoms with Crippen molar-refractivity contribution in [2.45, 2.75) is 17.4 Å². The number of carbonyl (C=O) groups excluding carboxylic acids is 3. The summed E-state index contributed by atoms with van der Waals surface area (Å²) in [6, 6.07) is 14.4. The summed E-state index contributed by atoms with van der Waals surface area (Å²) in [4.78, 5) is 39.0. The summed E-state index contributed by atoms with van der Waals surface area (Å²) in [6.07, 6.45) is -0.254. The molecule has 164 valence electrons. The number of rotatable bonds is 7. The predicted molar refractivity (Wildman–Crippen MR) is 121 cm³/mol. The van der Waals surface area contributed by atoms with Gasteiger partial charge in [-0.2, -0.15) is 5.26 Å². The third-order valence-electron chi connectivity index (χ3n) is 4.67. The average molecular weight is 471 g/mol. The number of hydrogen-bond donors (Lipinski definition) is 2. The fourth-order valence-electron chi connectivity index (χ4n) is 3.11. The number of hydrogen-bond acceptors (Lipinski definition) is 7. The minimum absolute atomic E-state index is 0.0917. The highest BCUT2D eigenvalue weighted by Gasteiger charge is 2.28. The van der Waals surface area contributed by atoms with Crippen molar-refractivity contribution in [1.82, 2.24) is 5.32 Å². The van der Waals surface area contributed by atoms with Crippen molar-refractivity contribution < 1.29 is 19.1 Å². The van der Waals surface area contributed by atoms with Crippen molar-refractivity contribution >= 4 is 46.8 Å². The van der Waals surface area contributed by atoms with Gasteiger partial charge in [0.25, 0.3) is 0 Å². The Bertz CT molecular complexity index is 1130. The summed E-state index contributed by atoms with van der Waals surface area (Å²) in [5, 5.41) is 13.0. The van der Waals surface area contributed by atoms with E-state index in [1.165, 1.54) is 11.8 Å². The number of esters is 1. The number of nitrogens with zero attached hydrogens (tertiary/aromatic N) is 2. The van der Waals surface area contributed by atoms with Crippen LogP contribution in [0.25, 0.3) is 0 Å². The number of thioether (sulfide) groups is 1. The first-order valence-electron chi connectivity index (χ1n) is 9.45. The number of primary amides is 1. The van der Waals surface area contributed by atoms with E-state index in [-0.39, 0.29) is 12.0 Å². The van der Waals surface area contributed by atoms with Crippen molar-refractivity contribution in [3.05, 3.63) is 69.7 Å². The van der Waals surface area contributed by atoms with Gasteiger partial charge in [0.2, 0.25) is 5.78 Å². The molecular formula is C22H19ClN4O4S. The molecule has 10 heteroatoms. The second kappa shape index (κ2) is 10.2. The van der Waals surface area contributed by atoms with E-state index in [9.17, 15) is 19.6 Å². The van der Waals surface area contributed by atoms with E-state index in [1.54, 1.807) is 36.2 Å². The smallest absolute Gasteiger partial charge is 0.312 e. The standard InChI is InChI=1S/C22H19ClN4O4S/c1-27-17-4-2-3-5-19(17)32-21(27)15(11-24)18(28)12-31-20(29)10-16(26-22(25)30)13-6-8-14(23)9-7-13/h2-9,16H,10,12H2,1H3,(H3,25,26,30). The van der Waals surface area contributed by atoms with Gasteiger partial charge in [-0.05, 0) is 29.8 Å². The molecule has 0 aliphatic carbocycles. The van der Waals surface area contributed by atoms with Crippen LogP contribution in [-0.2, 0) is 14.3 Å². The average Bonchev–Trinajstić information content (AvgIpc) is 3.09. The van der Waals surface area contributed by atoms with Crippen LogP contribution in [-0.4, -0.2) is 31.4 Å². The Morgan fingerprint density at radius 1 is 1.22 bits per heavy atom. The first kappa shape index (κ1) is 23.2. The number of halogens is 1. The topological polar surface area (TPSA) is 126 Å². The van der Waals surface area contributed by atoms with Gasteiger partial charge in [-0.15, -0.1) is 0 Å². The van der Waals surface area contributed by atoms with E-state index in [4.69, 9.17) is 22.1 Å². The highest BCUT2D eigenvalue weighted by atomic mass is 35.5. The molecule has 32 heavy (non-hydrogen) atoms. The molecule has 3 N–H and O–H groups in total. The fraction of sp³-hybridized carbons (Fsp3) is 0.182. The zero-order valence-corrected chi connectivity index (χ0v) is 18.6. The Labute approximate surface area is 194 Å². The lowest BCUT2D eigenvalue weighted by molar-refractivity contribution is -0.147. The lowest BCUT2D eigenvalue weighted by Crippen LogP contribution is -2.34. The molecule has 3 rings (SSSR count). The van der Waals surface area contributed by atoms with E-state index in [2.05, 4.69) is 5.32 Å². The van der Waals surface area contributed by atoms with Crippen molar-refractivity contribution in [3.63, 3.8) is 0 Å². The number of nitrogens with one attached hydrogen (secondary N) is 1. The minimum atomic E-state index is -0.814. The summed E-state index contributed by atoms with van der Waals surface area (Å²) >= 11 is 7.18. The summed E-state index contributed by atoms with van der Waals surface area (Å²) in [5.41, 5.74) is 6.59. The number of anilines is 1. The van der Waals surface area contributed by atoms with Gasteiger partial charge in [-0.25, -0.2) is 4.79 Å². The number of Topliss-reactive ketones (excluding diaryl/α,β-unsaturated/α-hetero) is 1. The molecule has 1 atom stereocenters. The number of fused-ring (bicyclic) bond motifs is 1. The summed E-state index contributed by atoms with van der Waals surface area (Å²) < 4.78 is 5.10. The molecule has 0 aromatic heterocycles. The number of ether oxygens (including phenoxy) is 1. The molecule has 8 nitrogen and oxygen atoms in total. The van der Waals surface area contributed by atoms with Crippen molar-refractivity contribution in [2.24, 2.45) is 5.73 Å². The Hall–Kier alpha value is -3.48. The van der Waals surface area contributed by atoms with Gasteiger partial charge >= 0.3 is 12.0 Å². The van der Waals surface area contributed by atoms with Crippen LogP contribution in [0.2, 0.25) is 5.02 Å². The summed E-state index contributed by atoms with van der Waals surface area (Å²) in [5.74, 6) is -1.35. The maximum Gasteiger partial charge on any atom is 0.312 e. The summed E-state index contributed by atoms with van der Waals surface area (Å²) in [6.45, 7) is -0.597. The molecule has 2 amide bonds. The van der Waals surface area contributed by atoms with Gasteiger partial charge < -0.3 is 20.7 Å². The molecule has 1 aliphatic rings. The molecule has 1 aliphatic heterocycles. The fourth-order valence-corrected chi connectivity index (χ4v) is 4.40. The zero-order chi connectivity index (χ0) is 23.3. The van der Waals surface area contributed by atoms with Gasteiger partial charge in [0.1, 0.15) is 16.7 Å². The number of urea groups is 1. The molecule has 1 heterocycles. The Balaban J connectivity index is 1.66. The van der Waals surface area contributed by atoms with Crippen LogP contribution in [0, 0.1) is 11.3 Å². The molecular weight excluding hydrogens is 452 g/mol. The van der Waals surface area contributed by atoms with Gasteiger partial charge in [-0.3, -0.25) is 9.59 Å². The first-order chi connectivity index (χ1) is 15.3. The highest BCUT2D eigenvalue weighted by Crippen LogP contribution is 2.46. The number of nitriles is 1. The lowest BCUT2D eigenvalue weighted by atomic mass is 10.0. The second-order valence-corrected chi connectivity index (χ2v) is 8.29. The molecule has 0 saturated heterocycles. The van der Waals surface area contributed by atoms with Crippen LogP contribution in [0.5, 0.6) is 0 Å². The number of para-hydroxylation sites is 1. The molecule has 1 unspecified atom stereocenters. The monoisotopic (exact) mass is 470 g/mol. The van der Waals surface area contributed by atoms with Gasteiger partial charge in [0, 0.05) is 17.0 Å². The minimum Gasteiger partial charge on any atom is -0.457 e. The van der Waals surface area contributed by atoms with E-state index in [0.717, 1.165) is 10.6 Å². The Morgan fingerprint density at radius 3 is 2.53 bits per heavy atom. The number of benzene rings is 2. The van der Waals surface area contributed by atoms with Crippen molar-refractivity contribution in [2.75, 3.05) is 18.6 Å². The third-order valence-corrected chi connectivity index (χ3v) is 6.15. The van der Waals surface area contributed by atoms with Crippen LogP contribution in [0.4, 0.5) is 10.5 Å². The largest absolute Gasteiger partial charge is 0.457 e. The molecule has 0 spiro atoms. The van der Waals surface area contributed by atoms with Crippen LogP contribution < -0.4 is 16.0 Å². The van der Waals surface area contributed by atoms with Crippen LogP contribution in [0.15, 0.2) is 64.0 Å². The van der Waals surface area contributed by atoms with Crippen LogP contribution in [0.3, 0.4) is 0 Å². The van der Waals surface area contributed by atoms with Crippen molar-refractivity contribution in [1.29, 1.82) is 5.26 Å². The number of ketones is 1. The van der Waals surface area contributed by atoms with E-state index in [0.29, 0.717) is 15.6 Å². The molecule has 0 saturated carbocycles. The van der Waals surface area contributed by atoms with Gasteiger partial charge in [0.15, 0.2) is 6.61 Å². The van der Waals surface area contributed by atoms with Crippen molar-refractivity contribution in [3.8, 4) is 6.07 Å². The maximum absolute atomic E-state index is 12.6. The lowest BCUT2D eigenvalue weighted by Gasteiger charge is -2.17.